The molecule has 3 rings (SSSR count). The van der Waals surface area contributed by atoms with Crippen LogP contribution in [0.1, 0.15) is 12.8 Å². The molecule has 2 fully saturated rings. The second-order valence-electron chi connectivity index (χ2n) is 7.70. The molecule has 0 aliphatic carbocycles. The molecule has 1 aromatic rings. The fraction of sp³-hybridized carbons (Fsp3) is 0.667. The van der Waals surface area contributed by atoms with Gasteiger partial charge >= 0.3 is 0 Å². The SMILES string of the molecule is CN=C(NCCN1CCCN(C)CC1)N1CCC(CSc2ccccc2)C1. The van der Waals surface area contributed by atoms with Crippen LogP contribution in [0.15, 0.2) is 40.2 Å². The van der Waals surface area contributed by atoms with E-state index in [1.165, 1.54) is 49.7 Å². The van der Waals surface area contributed by atoms with Crippen LogP contribution in [0.25, 0.3) is 0 Å². The van der Waals surface area contributed by atoms with Gasteiger partial charge in [-0.3, -0.25) is 4.99 Å². The average molecular weight is 390 g/mol. The number of nitrogens with zero attached hydrogens (tertiary/aromatic N) is 4. The van der Waals surface area contributed by atoms with Gasteiger partial charge in [0.15, 0.2) is 5.96 Å². The minimum Gasteiger partial charge on any atom is -0.355 e. The average Bonchev–Trinajstić information content (AvgIpc) is 3.07. The van der Waals surface area contributed by atoms with E-state index >= 15 is 0 Å². The standard InChI is InChI=1S/C21H35N5S/c1-22-21(23-10-14-25-12-6-11-24(2)15-16-25)26-13-9-19(17-26)18-27-20-7-4-3-5-8-20/h3-5,7-8,19H,6,9-18H2,1-2H3,(H,22,23). The Balaban J connectivity index is 1.37. The molecule has 5 nitrogen and oxygen atoms in total. The zero-order valence-electron chi connectivity index (χ0n) is 16.9. The van der Waals surface area contributed by atoms with E-state index in [-0.39, 0.29) is 0 Å². The number of nitrogens with one attached hydrogen (secondary N) is 1. The van der Waals surface area contributed by atoms with Crippen molar-refractivity contribution < 1.29 is 0 Å². The first-order chi connectivity index (χ1) is 13.2. The number of hydrogen-bond donors (Lipinski definition) is 1. The van der Waals surface area contributed by atoms with Crippen molar-refractivity contribution >= 4 is 17.7 Å². The van der Waals surface area contributed by atoms with Crippen LogP contribution in [0.3, 0.4) is 0 Å². The molecule has 150 valence electrons. The van der Waals surface area contributed by atoms with Crippen LogP contribution in [0, 0.1) is 5.92 Å². The van der Waals surface area contributed by atoms with Gasteiger partial charge in [-0.1, -0.05) is 18.2 Å². The second kappa shape index (κ2) is 10.9. The third kappa shape index (κ3) is 6.70. The zero-order valence-corrected chi connectivity index (χ0v) is 17.8. The van der Waals surface area contributed by atoms with Crippen LogP contribution < -0.4 is 5.32 Å². The molecule has 0 amide bonds. The van der Waals surface area contributed by atoms with Gasteiger partial charge in [0.05, 0.1) is 0 Å². The van der Waals surface area contributed by atoms with Crippen LogP contribution in [-0.2, 0) is 0 Å². The second-order valence-corrected chi connectivity index (χ2v) is 8.79. The van der Waals surface area contributed by atoms with Crippen LogP contribution >= 0.6 is 11.8 Å². The Morgan fingerprint density at radius 2 is 2.00 bits per heavy atom. The molecule has 6 heteroatoms. The van der Waals surface area contributed by atoms with E-state index in [4.69, 9.17) is 0 Å². The highest BCUT2D eigenvalue weighted by Crippen LogP contribution is 2.25. The lowest BCUT2D eigenvalue weighted by molar-refractivity contribution is 0.279. The number of benzene rings is 1. The van der Waals surface area contributed by atoms with Gasteiger partial charge in [0.2, 0.25) is 0 Å². The maximum Gasteiger partial charge on any atom is 0.193 e. The van der Waals surface area contributed by atoms with Gasteiger partial charge in [-0.25, -0.2) is 0 Å². The number of likely N-dealkylation sites (N-methyl/N-ethyl adjacent to an activating group) is 1. The Bertz CT molecular complexity index is 579. The maximum absolute atomic E-state index is 4.53. The predicted molar refractivity (Wildman–Crippen MR) is 117 cm³/mol. The molecule has 2 aliphatic rings. The first-order valence-electron chi connectivity index (χ1n) is 10.3. The zero-order chi connectivity index (χ0) is 18.9. The summed E-state index contributed by atoms with van der Waals surface area (Å²) in [4.78, 5) is 13.4. The van der Waals surface area contributed by atoms with Crippen molar-refractivity contribution in [1.82, 2.24) is 20.0 Å². The minimum atomic E-state index is 0.745. The highest BCUT2D eigenvalue weighted by Gasteiger charge is 2.25. The molecule has 0 radical (unpaired) electrons. The summed E-state index contributed by atoms with van der Waals surface area (Å²) in [5.74, 6) is 3.02. The fourth-order valence-electron chi connectivity index (χ4n) is 3.87. The minimum absolute atomic E-state index is 0.745. The smallest absolute Gasteiger partial charge is 0.193 e. The van der Waals surface area contributed by atoms with Gasteiger partial charge in [-0.2, -0.15) is 0 Å². The van der Waals surface area contributed by atoms with Gasteiger partial charge in [-0.05, 0) is 51.0 Å². The predicted octanol–water partition coefficient (Wildman–Crippen LogP) is 2.31. The summed E-state index contributed by atoms with van der Waals surface area (Å²) in [6.45, 7) is 9.13. The van der Waals surface area contributed by atoms with E-state index in [0.717, 1.165) is 38.1 Å². The Hall–Kier alpha value is -1.24. The number of rotatable bonds is 6. The van der Waals surface area contributed by atoms with Crippen molar-refractivity contribution in [1.29, 1.82) is 0 Å². The molecule has 1 unspecified atom stereocenters. The lowest BCUT2D eigenvalue weighted by Crippen LogP contribution is -2.43. The Labute approximate surface area is 169 Å². The molecule has 0 bridgehead atoms. The van der Waals surface area contributed by atoms with Crippen LogP contribution in [-0.4, -0.2) is 92.9 Å². The molecule has 2 saturated heterocycles. The largest absolute Gasteiger partial charge is 0.355 e. The van der Waals surface area contributed by atoms with Crippen LogP contribution in [0.2, 0.25) is 0 Å². The monoisotopic (exact) mass is 389 g/mol. The van der Waals surface area contributed by atoms with Crippen molar-refractivity contribution in [2.24, 2.45) is 10.9 Å². The van der Waals surface area contributed by atoms with Crippen LogP contribution in [0.4, 0.5) is 0 Å². The molecule has 1 atom stereocenters. The van der Waals surface area contributed by atoms with E-state index in [1.54, 1.807) is 0 Å². The molecule has 0 aromatic heterocycles. The molecule has 1 aromatic carbocycles. The molecule has 2 aliphatic heterocycles. The normalized spacial score (nSPS) is 22.8. The lowest BCUT2D eigenvalue weighted by atomic mass is 10.2. The molecule has 0 saturated carbocycles. The Kier molecular flexibility index (Phi) is 8.30. The quantitative estimate of drug-likeness (QED) is 0.459. The summed E-state index contributed by atoms with van der Waals surface area (Å²) in [6, 6.07) is 10.7. The molecule has 27 heavy (non-hydrogen) atoms. The fourth-order valence-corrected chi connectivity index (χ4v) is 4.92. The van der Waals surface area contributed by atoms with Crippen LogP contribution in [0.5, 0.6) is 0 Å². The summed E-state index contributed by atoms with van der Waals surface area (Å²) >= 11 is 1.98. The summed E-state index contributed by atoms with van der Waals surface area (Å²) < 4.78 is 0. The first-order valence-corrected chi connectivity index (χ1v) is 11.3. The van der Waals surface area contributed by atoms with E-state index in [9.17, 15) is 0 Å². The van der Waals surface area contributed by atoms with Gasteiger partial charge in [0.25, 0.3) is 0 Å². The Morgan fingerprint density at radius 3 is 2.81 bits per heavy atom. The number of guanidine groups is 1. The third-order valence-electron chi connectivity index (χ3n) is 5.55. The first kappa shape index (κ1) is 20.5. The van der Waals surface area contributed by atoms with E-state index < -0.39 is 0 Å². The summed E-state index contributed by atoms with van der Waals surface area (Å²) in [5, 5.41) is 3.60. The van der Waals surface area contributed by atoms with E-state index in [0.29, 0.717) is 0 Å². The number of likely N-dealkylation sites (tertiary alicyclic amines) is 1. The van der Waals surface area contributed by atoms with Crippen molar-refractivity contribution in [3.05, 3.63) is 30.3 Å². The van der Waals surface area contributed by atoms with E-state index in [2.05, 4.69) is 62.4 Å². The number of hydrogen-bond acceptors (Lipinski definition) is 4. The summed E-state index contributed by atoms with van der Waals surface area (Å²) in [5.41, 5.74) is 0. The number of thioether (sulfide) groups is 1. The molecule has 0 spiro atoms. The van der Waals surface area contributed by atoms with Crippen molar-refractivity contribution in [3.63, 3.8) is 0 Å². The summed E-state index contributed by atoms with van der Waals surface area (Å²) in [7, 11) is 4.14. The maximum atomic E-state index is 4.53. The van der Waals surface area contributed by atoms with Crippen molar-refractivity contribution in [2.45, 2.75) is 17.7 Å². The van der Waals surface area contributed by atoms with Gasteiger partial charge in [0, 0.05) is 57.0 Å². The topological polar surface area (TPSA) is 34.1 Å². The van der Waals surface area contributed by atoms with Crippen molar-refractivity contribution in [2.75, 3.05) is 72.2 Å². The Morgan fingerprint density at radius 1 is 1.15 bits per heavy atom. The van der Waals surface area contributed by atoms with E-state index in [1.807, 2.05) is 18.8 Å². The van der Waals surface area contributed by atoms with Gasteiger partial charge < -0.3 is 20.0 Å². The molecular weight excluding hydrogens is 354 g/mol. The number of aliphatic imine (C=N–C) groups is 1. The van der Waals surface area contributed by atoms with Crippen molar-refractivity contribution in [3.8, 4) is 0 Å². The van der Waals surface area contributed by atoms with Gasteiger partial charge in [-0.15, -0.1) is 11.8 Å². The lowest BCUT2D eigenvalue weighted by Gasteiger charge is -2.24. The molecule has 1 N–H and O–H groups in total. The highest BCUT2D eigenvalue weighted by atomic mass is 32.2. The third-order valence-corrected chi connectivity index (χ3v) is 6.79. The molecule has 2 heterocycles. The van der Waals surface area contributed by atoms with Gasteiger partial charge in [0.1, 0.15) is 0 Å². The molecular formula is C21H35N5S. The highest BCUT2D eigenvalue weighted by molar-refractivity contribution is 7.99. The summed E-state index contributed by atoms with van der Waals surface area (Å²) in [6.07, 6.45) is 2.54.